The van der Waals surface area contributed by atoms with Crippen LogP contribution in [0.25, 0.3) is 0 Å². The third-order valence-corrected chi connectivity index (χ3v) is 3.18. The molecule has 1 aromatic heterocycles. The molecule has 110 valence electrons. The molecule has 7 nitrogen and oxygen atoms in total. The van der Waals surface area contributed by atoms with Gasteiger partial charge in [0.1, 0.15) is 17.4 Å². The van der Waals surface area contributed by atoms with Crippen molar-refractivity contribution < 1.29 is 14.0 Å². The Morgan fingerprint density at radius 2 is 2.10 bits per heavy atom. The lowest BCUT2D eigenvalue weighted by Gasteiger charge is -2.31. The molecule has 1 aromatic rings. The minimum Gasteiger partial charge on any atom is -0.467 e. The van der Waals surface area contributed by atoms with E-state index in [2.05, 4.69) is 5.32 Å². The number of nitriles is 1. The van der Waals surface area contributed by atoms with Crippen molar-refractivity contribution in [1.29, 1.82) is 5.26 Å². The van der Waals surface area contributed by atoms with Crippen LogP contribution in [-0.2, 0) is 16.1 Å². The predicted molar refractivity (Wildman–Crippen MR) is 73.5 cm³/mol. The first-order valence-electron chi connectivity index (χ1n) is 6.59. The average molecular weight is 288 g/mol. The van der Waals surface area contributed by atoms with Crippen molar-refractivity contribution in [2.75, 3.05) is 26.2 Å². The molecule has 1 fully saturated rings. The highest BCUT2D eigenvalue weighted by Crippen LogP contribution is 2.05. The van der Waals surface area contributed by atoms with E-state index in [0.717, 1.165) is 6.41 Å². The number of rotatable bonds is 5. The SMILES string of the molecule is N#C/C(=C/N1CCN(C=O)CC1)C(=O)NCc1ccco1. The lowest BCUT2D eigenvalue weighted by atomic mass is 10.2. The number of nitrogens with one attached hydrogen (secondary N) is 1. The van der Waals surface area contributed by atoms with Gasteiger partial charge in [0.2, 0.25) is 6.41 Å². The zero-order valence-corrected chi connectivity index (χ0v) is 11.5. The van der Waals surface area contributed by atoms with E-state index in [9.17, 15) is 9.59 Å². The summed E-state index contributed by atoms with van der Waals surface area (Å²) in [7, 11) is 0. The average Bonchev–Trinajstić information content (AvgIpc) is 3.04. The van der Waals surface area contributed by atoms with Crippen molar-refractivity contribution in [3.05, 3.63) is 35.9 Å². The van der Waals surface area contributed by atoms with E-state index in [4.69, 9.17) is 9.68 Å². The Labute approximate surface area is 122 Å². The molecule has 0 saturated carbocycles. The minimum atomic E-state index is -0.438. The van der Waals surface area contributed by atoms with Crippen LogP contribution in [-0.4, -0.2) is 48.3 Å². The molecule has 1 saturated heterocycles. The van der Waals surface area contributed by atoms with Crippen LogP contribution in [0.5, 0.6) is 0 Å². The minimum absolute atomic E-state index is 0.0427. The number of piperazine rings is 1. The molecule has 0 unspecified atom stereocenters. The van der Waals surface area contributed by atoms with Crippen molar-refractivity contribution in [1.82, 2.24) is 15.1 Å². The van der Waals surface area contributed by atoms with Crippen LogP contribution in [0.15, 0.2) is 34.6 Å². The molecule has 0 bridgehead atoms. The van der Waals surface area contributed by atoms with Crippen LogP contribution >= 0.6 is 0 Å². The summed E-state index contributed by atoms with van der Waals surface area (Å²) in [5.41, 5.74) is 0.0427. The Morgan fingerprint density at radius 1 is 1.38 bits per heavy atom. The number of hydrogen-bond donors (Lipinski definition) is 1. The molecule has 21 heavy (non-hydrogen) atoms. The first-order valence-corrected chi connectivity index (χ1v) is 6.59. The number of nitrogens with zero attached hydrogens (tertiary/aromatic N) is 3. The van der Waals surface area contributed by atoms with Gasteiger partial charge in [0.25, 0.3) is 5.91 Å². The van der Waals surface area contributed by atoms with Crippen LogP contribution in [0, 0.1) is 11.3 Å². The van der Waals surface area contributed by atoms with Crippen LogP contribution in [0.3, 0.4) is 0 Å². The van der Waals surface area contributed by atoms with Crippen LogP contribution in [0.2, 0.25) is 0 Å². The van der Waals surface area contributed by atoms with Crippen molar-refractivity contribution in [2.24, 2.45) is 0 Å². The number of hydrogen-bond acceptors (Lipinski definition) is 5. The molecule has 2 rings (SSSR count). The second-order valence-corrected chi connectivity index (χ2v) is 4.59. The molecule has 1 aliphatic rings. The lowest BCUT2D eigenvalue weighted by Crippen LogP contribution is -2.43. The van der Waals surface area contributed by atoms with Gasteiger partial charge in [0.15, 0.2) is 0 Å². The maximum Gasteiger partial charge on any atom is 0.263 e. The van der Waals surface area contributed by atoms with Crippen LogP contribution < -0.4 is 5.32 Å². The third kappa shape index (κ3) is 4.11. The largest absolute Gasteiger partial charge is 0.467 e. The van der Waals surface area contributed by atoms with Gasteiger partial charge in [-0.1, -0.05) is 0 Å². The molecule has 1 N–H and O–H groups in total. The zero-order chi connectivity index (χ0) is 15.1. The van der Waals surface area contributed by atoms with Crippen molar-refractivity contribution in [3.8, 4) is 6.07 Å². The van der Waals surface area contributed by atoms with Crippen LogP contribution in [0.1, 0.15) is 5.76 Å². The molecule has 2 heterocycles. The van der Waals surface area contributed by atoms with Gasteiger partial charge in [-0.15, -0.1) is 0 Å². The molecule has 0 aromatic carbocycles. The summed E-state index contributed by atoms with van der Waals surface area (Å²) in [6.45, 7) is 2.63. The zero-order valence-electron chi connectivity index (χ0n) is 11.5. The van der Waals surface area contributed by atoms with Gasteiger partial charge >= 0.3 is 0 Å². The van der Waals surface area contributed by atoms with Gasteiger partial charge in [-0.05, 0) is 12.1 Å². The molecule has 0 radical (unpaired) electrons. The Hall–Kier alpha value is -2.75. The quantitative estimate of drug-likeness (QED) is 0.471. The second-order valence-electron chi connectivity index (χ2n) is 4.59. The van der Waals surface area contributed by atoms with Gasteiger partial charge in [0.05, 0.1) is 12.8 Å². The normalized spacial score (nSPS) is 15.5. The second kappa shape index (κ2) is 7.14. The topological polar surface area (TPSA) is 89.6 Å². The van der Waals surface area contributed by atoms with E-state index in [1.807, 2.05) is 11.0 Å². The molecule has 1 aliphatic heterocycles. The van der Waals surface area contributed by atoms with Crippen LogP contribution in [0.4, 0.5) is 0 Å². The van der Waals surface area contributed by atoms with E-state index in [-0.39, 0.29) is 12.1 Å². The summed E-state index contributed by atoms with van der Waals surface area (Å²) < 4.78 is 5.11. The molecule has 0 aliphatic carbocycles. The maximum absolute atomic E-state index is 11.9. The molecule has 0 spiro atoms. The maximum atomic E-state index is 11.9. The van der Waals surface area contributed by atoms with Crippen molar-refractivity contribution in [3.63, 3.8) is 0 Å². The Balaban J connectivity index is 1.89. The predicted octanol–water partition coefficient (Wildman–Crippen LogP) is 0.0773. The number of carbonyl (C=O) groups excluding carboxylic acids is 2. The van der Waals surface area contributed by atoms with Gasteiger partial charge in [0, 0.05) is 32.4 Å². The fourth-order valence-corrected chi connectivity index (χ4v) is 1.97. The van der Waals surface area contributed by atoms with Gasteiger partial charge in [-0.3, -0.25) is 9.59 Å². The summed E-state index contributed by atoms with van der Waals surface area (Å²) >= 11 is 0. The standard InChI is InChI=1S/C14H16N4O3/c15-8-12(10-17-3-5-18(11-19)6-4-17)14(20)16-9-13-2-1-7-21-13/h1-2,7,10-11H,3-6,9H2,(H,16,20)/b12-10-. The smallest absolute Gasteiger partial charge is 0.263 e. The number of furan rings is 1. The van der Waals surface area contributed by atoms with Gasteiger partial charge < -0.3 is 19.5 Å². The van der Waals surface area contributed by atoms with Crippen molar-refractivity contribution >= 4 is 12.3 Å². The van der Waals surface area contributed by atoms with Gasteiger partial charge in [-0.2, -0.15) is 5.26 Å². The fraction of sp³-hybridized carbons (Fsp3) is 0.357. The first-order chi connectivity index (χ1) is 10.2. The molecule has 7 heteroatoms. The van der Waals surface area contributed by atoms with Gasteiger partial charge in [-0.25, -0.2) is 0 Å². The fourth-order valence-electron chi connectivity index (χ4n) is 1.97. The molecule has 0 atom stereocenters. The van der Waals surface area contributed by atoms with E-state index < -0.39 is 5.91 Å². The lowest BCUT2D eigenvalue weighted by molar-refractivity contribution is -0.120. The summed E-state index contributed by atoms with van der Waals surface area (Å²) in [6.07, 6.45) is 3.87. The molecule has 2 amide bonds. The third-order valence-electron chi connectivity index (χ3n) is 3.18. The van der Waals surface area contributed by atoms with E-state index in [1.165, 1.54) is 6.26 Å². The van der Waals surface area contributed by atoms with E-state index >= 15 is 0 Å². The summed E-state index contributed by atoms with van der Waals surface area (Å²) in [5, 5.41) is 11.7. The van der Waals surface area contributed by atoms with E-state index in [1.54, 1.807) is 23.2 Å². The highest BCUT2D eigenvalue weighted by molar-refractivity contribution is 5.97. The first kappa shape index (κ1) is 14.7. The summed E-state index contributed by atoms with van der Waals surface area (Å²) in [5.74, 6) is 0.187. The Kier molecular flexibility index (Phi) is 4.99. The molecular weight excluding hydrogens is 272 g/mol. The number of amides is 2. The highest BCUT2D eigenvalue weighted by atomic mass is 16.3. The molecular formula is C14H16N4O3. The Bertz CT molecular complexity index is 551. The monoisotopic (exact) mass is 288 g/mol. The number of carbonyl (C=O) groups is 2. The Morgan fingerprint density at radius 3 is 2.67 bits per heavy atom. The van der Waals surface area contributed by atoms with Crippen molar-refractivity contribution in [2.45, 2.75) is 6.54 Å². The highest BCUT2D eigenvalue weighted by Gasteiger charge is 2.16. The summed E-state index contributed by atoms with van der Waals surface area (Å²) in [4.78, 5) is 26.1. The summed E-state index contributed by atoms with van der Waals surface area (Å²) in [6, 6.07) is 5.37. The van der Waals surface area contributed by atoms with E-state index in [0.29, 0.717) is 31.9 Å².